The molecule has 0 radical (unpaired) electrons. The maximum atomic E-state index is 10.8. The summed E-state index contributed by atoms with van der Waals surface area (Å²) in [7, 11) is 0. The molecular weight excluding hydrogens is 182 g/mol. The zero-order valence-corrected chi connectivity index (χ0v) is 7.67. The summed E-state index contributed by atoms with van der Waals surface area (Å²) >= 11 is 0. The summed E-state index contributed by atoms with van der Waals surface area (Å²) < 4.78 is 7.00. The van der Waals surface area contributed by atoms with E-state index in [-0.39, 0.29) is 5.43 Å². The quantitative estimate of drug-likeness (QED) is 0.696. The normalized spacial score (nSPS) is 10.4. The molecule has 72 valence electrons. The number of rotatable bonds is 2. The molecule has 2 aromatic rings. The monoisotopic (exact) mass is 191 g/mol. The fraction of sp³-hybridized carbons (Fsp3) is 0.222. The van der Waals surface area contributed by atoms with Crippen molar-refractivity contribution in [3.63, 3.8) is 0 Å². The van der Waals surface area contributed by atoms with Gasteiger partial charge in [0, 0.05) is 31.5 Å². The Labute approximate surface area is 80.0 Å². The predicted molar refractivity (Wildman–Crippen MR) is 48.8 cm³/mol. The zero-order chi connectivity index (χ0) is 9.97. The van der Waals surface area contributed by atoms with Crippen molar-refractivity contribution in [1.82, 2.24) is 14.8 Å². The van der Waals surface area contributed by atoms with Gasteiger partial charge in [-0.15, -0.1) is 10.2 Å². The highest BCUT2D eigenvalue weighted by molar-refractivity contribution is 4.95. The molecule has 2 aromatic heterocycles. The van der Waals surface area contributed by atoms with Crippen LogP contribution in [0.2, 0.25) is 0 Å². The molecule has 0 spiro atoms. The fourth-order valence-corrected chi connectivity index (χ4v) is 1.11. The summed E-state index contributed by atoms with van der Waals surface area (Å²) in [6, 6.07) is 2.98. The molecule has 0 N–H and O–H groups in total. The molecule has 5 nitrogen and oxygen atoms in total. The lowest BCUT2D eigenvalue weighted by Gasteiger charge is -1.99. The van der Waals surface area contributed by atoms with Crippen molar-refractivity contribution in [1.29, 1.82) is 0 Å². The van der Waals surface area contributed by atoms with Gasteiger partial charge in [-0.2, -0.15) is 0 Å². The summed E-state index contributed by atoms with van der Waals surface area (Å²) in [5.41, 5.74) is -0.0111. The number of hydrogen-bond acceptors (Lipinski definition) is 4. The molecule has 0 aromatic carbocycles. The number of pyridine rings is 1. The smallest absolute Gasteiger partial charge is 0.236 e. The molecule has 2 heterocycles. The van der Waals surface area contributed by atoms with Crippen LogP contribution in [0.1, 0.15) is 11.8 Å². The molecule has 14 heavy (non-hydrogen) atoms. The summed E-state index contributed by atoms with van der Waals surface area (Å²) in [4.78, 5) is 10.8. The van der Waals surface area contributed by atoms with Gasteiger partial charge in [0.25, 0.3) is 0 Å². The molecule has 0 aliphatic carbocycles. The van der Waals surface area contributed by atoms with E-state index in [0.29, 0.717) is 18.3 Å². The molecule has 0 fully saturated rings. The van der Waals surface area contributed by atoms with Gasteiger partial charge in [-0.05, 0) is 0 Å². The van der Waals surface area contributed by atoms with E-state index in [1.807, 2.05) is 0 Å². The average molecular weight is 191 g/mol. The topological polar surface area (TPSA) is 60.9 Å². The predicted octanol–water partition coefficient (Wildman–Crippen LogP) is 0.588. The van der Waals surface area contributed by atoms with Crippen LogP contribution in [0.5, 0.6) is 0 Å². The maximum Gasteiger partial charge on any atom is 0.236 e. The number of aromatic nitrogens is 3. The molecule has 0 aliphatic rings. The Bertz CT molecular complexity index is 466. The Hall–Kier alpha value is -1.91. The number of nitrogens with zero attached hydrogens (tertiary/aromatic N) is 3. The van der Waals surface area contributed by atoms with E-state index < -0.39 is 0 Å². The van der Waals surface area contributed by atoms with Gasteiger partial charge in [-0.25, -0.2) is 0 Å². The highest BCUT2D eigenvalue weighted by Gasteiger charge is 2.01. The van der Waals surface area contributed by atoms with E-state index in [2.05, 4.69) is 10.2 Å². The van der Waals surface area contributed by atoms with Crippen LogP contribution in [0.25, 0.3) is 0 Å². The average Bonchev–Trinajstić information content (AvgIpc) is 2.56. The summed E-state index contributed by atoms with van der Waals surface area (Å²) in [5, 5.41) is 7.56. The molecule has 0 saturated heterocycles. The Balaban J connectivity index is 2.19. The molecular formula is C9H9N3O2. The van der Waals surface area contributed by atoms with E-state index in [0.717, 1.165) is 0 Å². The largest absolute Gasteiger partial charge is 0.424 e. The third kappa shape index (κ3) is 1.87. The zero-order valence-electron chi connectivity index (χ0n) is 7.67. The maximum absolute atomic E-state index is 10.8. The van der Waals surface area contributed by atoms with Gasteiger partial charge in [0.2, 0.25) is 11.8 Å². The van der Waals surface area contributed by atoms with Crippen LogP contribution in [-0.2, 0) is 6.54 Å². The summed E-state index contributed by atoms with van der Waals surface area (Å²) in [6.45, 7) is 2.23. The molecule has 2 rings (SSSR count). The standard InChI is InChI=1S/C9H9N3O2/c1-7-10-11-9(14-7)6-12-4-2-8(13)3-5-12/h2-5H,6H2,1H3. The molecule has 0 unspecified atom stereocenters. The highest BCUT2D eigenvalue weighted by Crippen LogP contribution is 1.99. The Morgan fingerprint density at radius 1 is 1.36 bits per heavy atom. The van der Waals surface area contributed by atoms with Gasteiger partial charge in [0.05, 0.1) is 0 Å². The minimum atomic E-state index is -0.0111. The SMILES string of the molecule is Cc1nnc(Cn2ccc(=O)cc2)o1. The summed E-state index contributed by atoms with van der Waals surface area (Å²) in [5.74, 6) is 1.08. The number of hydrogen-bond donors (Lipinski definition) is 0. The van der Waals surface area contributed by atoms with Gasteiger partial charge in [-0.1, -0.05) is 0 Å². The third-order valence-electron chi connectivity index (χ3n) is 1.75. The van der Waals surface area contributed by atoms with Crippen molar-refractivity contribution >= 4 is 0 Å². The molecule has 0 aliphatic heterocycles. The third-order valence-corrected chi connectivity index (χ3v) is 1.75. The minimum absolute atomic E-state index is 0.0111. The van der Waals surface area contributed by atoms with Crippen LogP contribution in [-0.4, -0.2) is 14.8 Å². The van der Waals surface area contributed by atoms with Crippen LogP contribution in [0.15, 0.2) is 33.7 Å². The first-order valence-corrected chi connectivity index (χ1v) is 4.19. The Morgan fingerprint density at radius 2 is 2.07 bits per heavy atom. The first-order valence-electron chi connectivity index (χ1n) is 4.19. The van der Waals surface area contributed by atoms with Crippen molar-refractivity contribution in [2.75, 3.05) is 0 Å². The molecule has 0 saturated carbocycles. The van der Waals surface area contributed by atoms with Gasteiger partial charge in [0.15, 0.2) is 5.43 Å². The Kier molecular flexibility index (Phi) is 2.14. The van der Waals surface area contributed by atoms with Gasteiger partial charge >= 0.3 is 0 Å². The first kappa shape index (κ1) is 8.68. The van der Waals surface area contributed by atoms with Crippen molar-refractivity contribution in [3.8, 4) is 0 Å². The van der Waals surface area contributed by atoms with Crippen LogP contribution in [0.4, 0.5) is 0 Å². The first-order chi connectivity index (χ1) is 6.74. The van der Waals surface area contributed by atoms with Gasteiger partial charge in [-0.3, -0.25) is 4.79 Å². The van der Waals surface area contributed by atoms with E-state index in [1.54, 1.807) is 23.9 Å². The second-order valence-corrected chi connectivity index (χ2v) is 2.92. The number of aryl methyl sites for hydroxylation is 1. The fourth-order valence-electron chi connectivity index (χ4n) is 1.11. The Morgan fingerprint density at radius 3 is 2.64 bits per heavy atom. The van der Waals surface area contributed by atoms with Gasteiger partial charge < -0.3 is 8.98 Å². The van der Waals surface area contributed by atoms with Crippen LogP contribution in [0, 0.1) is 6.92 Å². The van der Waals surface area contributed by atoms with Gasteiger partial charge in [0.1, 0.15) is 6.54 Å². The van der Waals surface area contributed by atoms with Crippen LogP contribution < -0.4 is 5.43 Å². The second-order valence-electron chi connectivity index (χ2n) is 2.92. The van der Waals surface area contributed by atoms with E-state index in [9.17, 15) is 4.79 Å². The van der Waals surface area contributed by atoms with Crippen molar-refractivity contribution < 1.29 is 4.42 Å². The van der Waals surface area contributed by atoms with E-state index >= 15 is 0 Å². The van der Waals surface area contributed by atoms with E-state index in [1.165, 1.54) is 12.1 Å². The molecule has 0 amide bonds. The van der Waals surface area contributed by atoms with E-state index in [4.69, 9.17) is 4.42 Å². The van der Waals surface area contributed by atoms with Crippen molar-refractivity contribution in [2.45, 2.75) is 13.5 Å². The molecule has 0 atom stereocenters. The molecule has 0 bridgehead atoms. The lowest BCUT2D eigenvalue weighted by molar-refractivity contribution is 0.454. The lowest BCUT2D eigenvalue weighted by atomic mass is 10.4. The second kappa shape index (κ2) is 3.45. The highest BCUT2D eigenvalue weighted by atomic mass is 16.4. The van der Waals surface area contributed by atoms with Crippen molar-refractivity contribution in [2.24, 2.45) is 0 Å². The molecule has 5 heteroatoms. The van der Waals surface area contributed by atoms with Crippen LogP contribution in [0.3, 0.4) is 0 Å². The minimum Gasteiger partial charge on any atom is -0.424 e. The van der Waals surface area contributed by atoms with Crippen LogP contribution >= 0.6 is 0 Å². The van der Waals surface area contributed by atoms with Crippen molar-refractivity contribution in [3.05, 3.63) is 46.5 Å². The summed E-state index contributed by atoms with van der Waals surface area (Å²) in [6.07, 6.45) is 3.36. The lowest BCUT2D eigenvalue weighted by Crippen LogP contribution is -2.04.